The first-order valence-corrected chi connectivity index (χ1v) is 4.93. The Balaban J connectivity index is 2.21. The lowest BCUT2D eigenvalue weighted by molar-refractivity contribution is -0.125. The largest absolute Gasteiger partial charge is 0.381 e. The number of carbonyl (C=O) groups is 1. The quantitative estimate of drug-likeness (QED) is 0.602. The van der Waals surface area contributed by atoms with Crippen molar-refractivity contribution < 1.29 is 9.90 Å². The fourth-order valence-electron chi connectivity index (χ4n) is 1.40. The molecule has 90 valence electrons. The van der Waals surface area contributed by atoms with Crippen LogP contribution in [0.5, 0.6) is 0 Å². The third-order valence-electron chi connectivity index (χ3n) is 2.32. The molecule has 1 atom stereocenters. The summed E-state index contributed by atoms with van der Waals surface area (Å²) in [5.74, 6) is -0.280. The highest BCUT2D eigenvalue weighted by Gasteiger charge is 2.12. The van der Waals surface area contributed by atoms with Gasteiger partial charge in [-0.05, 0) is 0 Å². The summed E-state index contributed by atoms with van der Waals surface area (Å²) in [4.78, 5) is 18.7. The molecule has 2 aromatic heterocycles. The van der Waals surface area contributed by atoms with Gasteiger partial charge in [0.15, 0.2) is 5.65 Å². The van der Waals surface area contributed by atoms with Crippen LogP contribution in [-0.4, -0.2) is 43.4 Å². The van der Waals surface area contributed by atoms with E-state index in [4.69, 9.17) is 5.73 Å². The molecule has 0 saturated heterocycles. The molecular weight excluding hydrogens is 224 g/mol. The second kappa shape index (κ2) is 4.34. The topological polar surface area (TPSA) is 119 Å². The van der Waals surface area contributed by atoms with Crippen LogP contribution in [0.15, 0.2) is 12.5 Å². The van der Waals surface area contributed by atoms with Gasteiger partial charge < -0.3 is 16.2 Å². The zero-order valence-electron chi connectivity index (χ0n) is 9.16. The smallest absolute Gasteiger partial charge is 0.248 e. The molecule has 0 aliphatic heterocycles. The van der Waals surface area contributed by atoms with E-state index < -0.39 is 12.0 Å². The number of aryl methyl sites for hydroxylation is 1. The minimum atomic E-state index is -1.25. The molecule has 1 amide bonds. The van der Waals surface area contributed by atoms with Gasteiger partial charge in [0.2, 0.25) is 5.91 Å². The second-order valence-corrected chi connectivity index (χ2v) is 3.53. The molecule has 8 nitrogen and oxygen atoms in total. The van der Waals surface area contributed by atoms with E-state index in [1.54, 1.807) is 17.9 Å². The summed E-state index contributed by atoms with van der Waals surface area (Å²) < 4.78 is 1.60. The molecular formula is C9H12N6O2. The third kappa shape index (κ3) is 2.16. The van der Waals surface area contributed by atoms with Gasteiger partial charge in [0, 0.05) is 7.05 Å². The van der Waals surface area contributed by atoms with E-state index in [-0.39, 0.29) is 6.54 Å². The first kappa shape index (κ1) is 11.3. The van der Waals surface area contributed by atoms with Crippen LogP contribution in [-0.2, 0) is 11.8 Å². The predicted molar refractivity (Wildman–Crippen MR) is 60.0 cm³/mol. The number of nitrogens with two attached hydrogens (primary N) is 1. The number of hydrogen-bond donors (Lipinski definition) is 3. The monoisotopic (exact) mass is 236 g/mol. The number of amides is 1. The van der Waals surface area contributed by atoms with Crippen molar-refractivity contribution >= 4 is 22.8 Å². The molecule has 17 heavy (non-hydrogen) atoms. The van der Waals surface area contributed by atoms with Crippen LogP contribution in [0.25, 0.3) is 11.0 Å². The Kier molecular flexibility index (Phi) is 2.88. The molecule has 0 fully saturated rings. The van der Waals surface area contributed by atoms with Crippen LogP contribution in [0.2, 0.25) is 0 Å². The van der Waals surface area contributed by atoms with Crippen LogP contribution >= 0.6 is 0 Å². The number of primary amides is 1. The lowest BCUT2D eigenvalue weighted by Gasteiger charge is -2.09. The summed E-state index contributed by atoms with van der Waals surface area (Å²) in [6.07, 6.45) is 1.73. The highest BCUT2D eigenvalue weighted by molar-refractivity contribution is 5.86. The molecule has 2 aromatic rings. The fourth-order valence-corrected chi connectivity index (χ4v) is 1.40. The third-order valence-corrected chi connectivity index (χ3v) is 2.32. The number of rotatable bonds is 4. The van der Waals surface area contributed by atoms with Crippen molar-refractivity contribution in [1.29, 1.82) is 0 Å². The van der Waals surface area contributed by atoms with Gasteiger partial charge in [-0.3, -0.25) is 9.48 Å². The maximum atomic E-state index is 10.7. The van der Waals surface area contributed by atoms with Gasteiger partial charge in [0.25, 0.3) is 0 Å². The molecule has 1 unspecified atom stereocenters. The first-order valence-electron chi connectivity index (χ1n) is 4.93. The lowest BCUT2D eigenvalue weighted by Crippen LogP contribution is -2.34. The van der Waals surface area contributed by atoms with Crippen molar-refractivity contribution in [2.75, 3.05) is 11.9 Å². The molecule has 0 aliphatic rings. The summed E-state index contributed by atoms with van der Waals surface area (Å²) in [5.41, 5.74) is 5.60. The summed E-state index contributed by atoms with van der Waals surface area (Å²) >= 11 is 0. The van der Waals surface area contributed by atoms with Crippen LogP contribution in [0, 0.1) is 0 Å². The highest BCUT2D eigenvalue weighted by Crippen LogP contribution is 2.17. The molecule has 8 heteroatoms. The van der Waals surface area contributed by atoms with Gasteiger partial charge in [-0.1, -0.05) is 0 Å². The number of hydrogen-bond acceptors (Lipinski definition) is 6. The summed E-state index contributed by atoms with van der Waals surface area (Å²) in [5, 5.41) is 16.8. The van der Waals surface area contributed by atoms with Gasteiger partial charge in [-0.2, -0.15) is 5.10 Å². The van der Waals surface area contributed by atoms with Crippen LogP contribution in [0.1, 0.15) is 0 Å². The number of carbonyl (C=O) groups excluding carboxylic acids is 1. The van der Waals surface area contributed by atoms with E-state index in [1.807, 2.05) is 0 Å². The Morgan fingerprint density at radius 3 is 3.12 bits per heavy atom. The number of nitrogens with one attached hydrogen (secondary N) is 1. The van der Waals surface area contributed by atoms with Crippen molar-refractivity contribution in [2.45, 2.75) is 6.10 Å². The molecule has 0 radical (unpaired) electrons. The second-order valence-electron chi connectivity index (χ2n) is 3.53. The summed E-state index contributed by atoms with van der Waals surface area (Å²) in [6.45, 7) is -0.00363. The Morgan fingerprint density at radius 2 is 2.41 bits per heavy atom. The zero-order chi connectivity index (χ0) is 12.4. The Labute approximate surface area is 96.5 Å². The van der Waals surface area contributed by atoms with E-state index in [0.717, 1.165) is 0 Å². The van der Waals surface area contributed by atoms with E-state index >= 15 is 0 Å². The van der Waals surface area contributed by atoms with E-state index in [9.17, 15) is 9.90 Å². The van der Waals surface area contributed by atoms with Crippen molar-refractivity contribution in [2.24, 2.45) is 12.8 Å². The SMILES string of the molecule is Cn1ncc2c(NCC(O)C(N)=O)ncnc21. The number of aliphatic hydroxyl groups excluding tert-OH is 1. The fraction of sp³-hybridized carbons (Fsp3) is 0.333. The number of fused-ring (bicyclic) bond motifs is 1. The zero-order valence-corrected chi connectivity index (χ0v) is 9.16. The number of nitrogens with zero attached hydrogens (tertiary/aromatic N) is 4. The average molecular weight is 236 g/mol. The van der Waals surface area contributed by atoms with Gasteiger partial charge >= 0.3 is 0 Å². The Hall–Kier alpha value is -2.22. The molecule has 0 aromatic carbocycles. The standard InChI is InChI=1S/C9H12N6O2/c1-15-9-5(2-14-15)8(12-4-13-9)11-3-6(16)7(10)17/h2,4,6,16H,3H2,1H3,(H2,10,17)(H,11,12,13). The molecule has 0 spiro atoms. The minimum absolute atomic E-state index is 0.00363. The average Bonchev–Trinajstić information content (AvgIpc) is 2.69. The van der Waals surface area contributed by atoms with Gasteiger partial charge in [-0.15, -0.1) is 0 Å². The summed E-state index contributed by atoms with van der Waals surface area (Å²) in [7, 11) is 1.76. The highest BCUT2D eigenvalue weighted by atomic mass is 16.3. The molecule has 2 rings (SSSR count). The molecule has 2 heterocycles. The van der Waals surface area contributed by atoms with Crippen molar-refractivity contribution in [3.05, 3.63) is 12.5 Å². The maximum absolute atomic E-state index is 10.7. The van der Waals surface area contributed by atoms with Gasteiger partial charge in [0.1, 0.15) is 18.2 Å². The van der Waals surface area contributed by atoms with E-state index in [2.05, 4.69) is 20.4 Å². The van der Waals surface area contributed by atoms with Crippen molar-refractivity contribution in [3.63, 3.8) is 0 Å². The van der Waals surface area contributed by atoms with E-state index in [0.29, 0.717) is 16.9 Å². The van der Waals surface area contributed by atoms with Gasteiger partial charge in [0.05, 0.1) is 18.1 Å². The van der Waals surface area contributed by atoms with Gasteiger partial charge in [-0.25, -0.2) is 9.97 Å². The van der Waals surface area contributed by atoms with Crippen molar-refractivity contribution in [1.82, 2.24) is 19.7 Å². The van der Waals surface area contributed by atoms with Crippen molar-refractivity contribution in [3.8, 4) is 0 Å². The minimum Gasteiger partial charge on any atom is -0.381 e. The van der Waals surface area contributed by atoms with Crippen LogP contribution < -0.4 is 11.1 Å². The molecule has 4 N–H and O–H groups in total. The number of aliphatic hydroxyl groups is 1. The predicted octanol–water partition coefficient (Wildman–Crippen LogP) is -1.38. The van der Waals surface area contributed by atoms with E-state index in [1.165, 1.54) is 6.33 Å². The lowest BCUT2D eigenvalue weighted by atomic mass is 10.3. The Bertz CT molecular complexity index is 551. The van der Waals surface area contributed by atoms with Crippen LogP contribution in [0.3, 0.4) is 0 Å². The van der Waals surface area contributed by atoms with Crippen LogP contribution in [0.4, 0.5) is 5.82 Å². The molecule has 0 aliphatic carbocycles. The first-order chi connectivity index (χ1) is 8.09. The Morgan fingerprint density at radius 1 is 1.65 bits per heavy atom. The molecule has 0 bridgehead atoms. The molecule has 0 saturated carbocycles. The maximum Gasteiger partial charge on any atom is 0.248 e. The summed E-state index contributed by atoms with van der Waals surface area (Å²) in [6, 6.07) is 0. The normalized spacial score (nSPS) is 12.6. The number of anilines is 1. The number of aromatic nitrogens is 4.